The number of guanidine groups is 1. The number of nitrogens with zero attached hydrogens (tertiary/aromatic N) is 2. The number of rotatable bonds is 6. The van der Waals surface area contributed by atoms with Crippen molar-refractivity contribution in [3.05, 3.63) is 39.3 Å². The van der Waals surface area contributed by atoms with Crippen LogP contribution in [-0.4, -0.2) is 43.8 Å². The number of hydrogen-bond donors (Lipinski definition) is 2. The van der Waals surface area contributed by atoms with E-state index in [9.17, 15) is 4.79 Å². The number of carbonyl (C=O) groups is 1. The van der Waals surface area contributed by atoms with Crippen LogP contribution >= 0.6 is 11.3 Å². The molecule has 0 fully saturated rings. The molecule has 9 heteroatoms. The van der Waals surface area contributed by atoms with E-state index in [1.54, 1.807) is 14.0 Å². The van der Waals surface area contributed by atoms with Crippen molar-refractivity contribution in [3.8, 4) is 11.5 Å². The van der Waals surface area contributed by atoms with Crippen LogP contribution in [0.25, 0.3) is 0 Å². The van der Waals surface area contributed by atoms with Gasteiger partial charge in [0.1, 0.15) is 9.88 Å². The van der Waals surface area contributed by atoms with Gasteiger partial charge >= 0.3 is 5.97 Å². The number of fused-ring (bicyclic) bond motifs is 1. The number of esters is 1. The first-order chi connectivity index (χ1) is 14.5. The van der Waals surface area contributed by atoms with Gasteiger partial charge in [0.2, 0.25) is 0 Å². The first kappa shape index (κ1) is 21.9. The molecule has 2 aromatic rings. The Balaban J connectivity index is 1.64. The van der Waals surface area contributed by atoms with Gasteiger partial charge in [-0.2, -0.15) is 0 Å². The normalized spacial score (nSPS) is 14.6. The van der Waals surface area contributed by atoms with Gasteiger partial charge in [-0.1, -0.05) is 12.1 Å². The van der Waals surface area contributed by atoms with Gasteiger partial charge in [0.05, 0.1) is 31.6 Å². The van der Waals surface area contributed by atoms with Crippen LogP contribution in [0.4, 0.5) is 0 Å². The molecule has 1 atom stereocenters. The summed E-state index contributed by atoms with van der Waals surface area (Å²) in [6.45, 7) is 7.75. The molecule has 1 aliphatic heterocycles. The number of hydrogen-bond acceptors (Lipinski definition) is 7. The first-order valence-electron chi connectivity index (χ1n) is 10.0. The SMILES string of the molecule is CCOC(=O)c1sc(C(C)NC(=NC)NCc2cccc3c2OCCCO3)nc1C. The summed E-state index contributed by atoms with van der Waals surface area (Å²) in [5.41, 5.74) is 1.67. The van der Waals surface area contributed by atoms with Crippen LogP contribution in [0.5, 0.6) is 11.5 Å². The number of aromatic nitrogens is 1. The standard InChI is InChI=1S/C21H28N4O4S/c1-5-27-20(26)18-13(2)24-19(30-18)14(3)25-21(22-4)23-12-15-8-6-9-16-17(15)29-11-7-10-28-16/h6,8-9,14H,5,7,10-12H2,1-4H3,(H2,22,23,25). The number of aryl methyl sites for hydroxylation is 1. The lowest BCUT2D eigenvalue weighted by atomic mass is 10.2. The van der Waals surface area contributed by atoms with Gasteiger partial charge in [-0.15, -0.1) is 11.3 Å². The number of benzene rings is 1. The minimum Gasteiger partial charge on any atom is -0.490 e. The molecular formula is C21H28N4O4S. The fraction of sp³-hybridized carbons (Fsp3) is 0.476. The van der Waals surface area contributed by atoms with Gasteiger partial charge in [0.25, 0.3) is 0 Å². The topological polar surface area (TPSA) is 94.1 Å². The zero-order valence-corrected chi connectivity index (χ0v) is 18.6. The highest BCUT2D eigenvalue weighted by Crippen LogP contribution is 2.33. The molecule has 2 heterocycles. The van der Waals surface area contributed by atoms with Gasteiger partial charge in [0, 0.05) is 25.6 Å². The molecule has 0 saturated carbocycles. The third-order valence-electron chi connectivity index (χ3n) is 4.52. The summed E-state index contributed by atoms with van der Waals surface area (Å²) in [5, 5.41) is 7.42. The molecule has 1 unspecified atom stereocenters. The Labute approximate surface area is 180 Å². The van der Waals surface area contributed by atoms with Crippen LogP contribution in [0, 0.1) is 6.92 Å². The lowest BCUT2D eigenvalue weighted by Gasteiger charge is -2.18. The number of nitrogens with one attached hydrogen (secondary N) is 2. The van der Waals surface area contributed by atoms with Crippen LogP contribution in [0.3, 0.4) is 0 Å². The number of ether oxygens (including phenoxy) is 3. The fourth-order valence-electron chi connectivity index (χ4n) is 3.02. The maximum atomic E-state index is 12.1. The van der Waals surface area contributed by atoms with E-state index in [0.717, 1.165) is 28.5 Å². The monoisotopic (exact) mass is 432 g/mol. The van der Waals surface area contributed by atoms with Crippen molar-refractivity contribution in [2.75, 3.05) is 26.9 Å². The molecule has 1 aromatic carbocycles. The molecule has 0 saturated heterocycles. The maximum Gasteiger partial charge on any atom is 0.350 e. The highest BCUT2D eigenvalue weighted by Gasteiger charge is 2.20. The van der Waals surface area contributed by atoms with E-state index in [1.165, 1.54) is 11.3 Å². The van der Waals surface area contributed by atoms with E-state index in [-0.39, 0.29) is 12.0 Å². The molecule has 8 nitrogen and oxygen atoms in total. The van der Waals surface area contributed by atoms with Crippen molar-refractivity contribution >= 4 is 23.3 Å². The number of aliphatic imine (C=N–C) groups is 1. The molecule has 0 aliphatic carbocycles. The summed E-state index contributed by atoms with van der Waals surface area (Å²) in [5.74, 6) is 1.84. The van der Waals surface area contributed by atoms with Crippen LogP contribution in [0.2, 0.25) is 0 Å². The number of para-hydroxylation sites is 1. The van der Waals surface area contributed by atoms with Crippen LogP contribution in [0.15, 0.2) is 23.2 Å². The Morgan fingerprint density at radius 2 is 2.17 bits per heavy atom. The van der Waals surface area contributed by atoms with Crippen molar-refractivity contribution in [2.45, 2.75) is 39.8 Å². The molecular weight excluding hydrogens is 404 g/mol. The van der Waals surface area contributed by atoms with E-state index < -0.39 is 0 Å². The van der Waals surface area contributed by atoms with Crippen molar-refractivity contribution in [2.24, 2.45) is 4.99 Å². The summed E-state index contributed by atoms with van der Waals surface area (Å²) in [4.78, 5) is 21.4. The quantitative estimate of drug-likeness (QED) is 0.411. The zero-order valence-electron chi connectivity index (χ0n) is 17.8. The Hall–Kier alpha value is -2.81. The first-order valence-corrected chi connectivity index (χ1v) is 10.8. The van der Waals surface area contributed by atoms with Crippen molar-refractivity contribution in [1.82, 2.24) is 15.6 Å². The van der Waals surface area contributed by atoms with Gasteiger partial charge in [-0.3, -0.25) is 4.99 Å². The maximum absolute atomic E-state index is 12.1. The molecule has 0 amide bonds. The van der Waals surface area contributed by atoms with Crippen LogP contribution < -0.4 is 20.1 Å². The third kappa shape index (κ3) is 5.21. The predicted molar refractivity (Wildman–Crippen MR) is 117 cm³/mol. The highest BCUT2D eigenvalue weighted by molar-refractivity contribution is 7.13. The van der Waals surface area contributed by atoms with E-state index in [4.69, 9.17) is 14.2 Å². The van der Waals surface area contributed by atoms with Gasteiger partial charge in [-0.05, 0) is 26.8 Å². The summed E-state index contributed by atoms with van der Waals surface area (Å²) in [7, 11) is 1.71. The van der Waals surface area contributed by atoms with Gasteiger partial charge in [-0.25, -0.2) is 9.78 Å². The largest absolute Gasteiger partial charge is 0.490 e. The summed E-state index contributed by atoms with van der Waals surface area (Å²) < 4.78 is 16.7. The summed E-state index contributed by atoms with van der Waals surface area (Å²) in [6, 6.07) is 5.76. The van der Waals surface area contributed by atoms with Crippen LogP contribution in [-0.2, 0) is 11.3 Å². The summed E-state index contributed by atoms with van der Waals surface area (Å²) in [6.07, 6.45) is 0.864. The second-order valence-corrected chi connectivity index (χ2v) is 7.80. The Bertz CT molecular complexity index is 912. The Morgan fingerprint density at radius 1 is 1.37 bits per heavy atom. The van der Waals surface area contributed by atoms with E-state index in [2.05, 4.69) is 20.6 Å². The Morgan fingerprint density at radius 3 is 2.93 bits per heavy atom. The van der Waals surface area contributed by atoms with Crippen molar-refractivity contribution < 1.29 is 19.0 Å². The van der Waals surface area contributed by atoms with Crippen molar-refractivity contribution in [3.63, 3.8) is 0 Å². The molecule has 162 valence electrons. The second-order valence-electron chi connectivity index (χ2n) is 6.77. The molecule has 0 bridgehead atoms. The Kier molecular flexibility index (Phi) is 7.51. The average molecular weight is 433 g/mol. The van der Waals surface area contributed by atoms with Crippen molar-refractivity contribution in [1.29, 1.82) is 0 Å². The van der Waals surface area contributed by atoms with E-state index in [1.807, 2.05) is 32.0 Å². The number of thiazole rings is 1. The minimum atomic E-state index is -0.333. The second kappa shape index (κ2) is 10.3. The zero-order chi connectivity index (χ0) is 21.5. The molecule has 0 radical (unpaired) electrons. The minimum absolute atomic E-state index is 0.129. The van der Waals surface area contributed by atoms with E-state index >= 15 is 0 Å². The smallest absolute Gasteiger partial charge is 0.350 e. The van der Waals surface area contributed by atoms with Gasteiger partial charge < -0.3 is 24.8 Å². The van der Waals surface area contributed by atoms with E-state index in [0.29, 0.717) is 42.9 Å². The van der Waals surface area contributed by atoms with Crippen LogP contribution in [0.1, 0.15) is 52.2 Å². The lowest BCUT2D eigenvalue weighted by Crippen LogP contribution is -2.38. The molecule has 1 aromatic heterocycles. The number of carbonyl (C=O) groups excluding carboxylic acids is 1. The molecule has 2 N–H and O–H groups in total. The fourth-order valence-corrected chi connectivity index (χ4v) is 3.99. The lowest BCUT2D eigenvalue weighted by molar-refractivity contribution is 0.0531. The predicted octanol–water partition coefficient (Wildman–Crippen LogP) is 3.22. The molecule has 0 spiro atoms. The molecule has 1 aliphatic rings. The third-order valence-corrected chi connectivity index (χ3v) is 5.84. The van der Waals surface area contributed by atoms with Gasteiger partial charge in [0.15, 0.2) is 17.5 Å². The molecule has 3 rings (SSSR count). The summed E-state index contributed by atoms with van der Waals surface area (Å²) >= 11 is 1.34. The average Bonchev–Trinajstić information content (AvgIpc) is 2.97. The highest BCUT2D eigenvalue weighted by atomic mass is 32.1. The molecule has 30 heavy (non-hydrogen) atoms.